The van der Waals surface area contributed by atoms with Crippen molar-refractivity contribution in [2.24, 2.45) is 0 Å². The summed E-state index contributed by atoms with van der Waals surface area (Å²) in [4.78, 5) is 25.6. The second-order valence-corrected chi connectivity index (χ2v) is 4.57. The topological polar surface area (TPSA) is 54.9 Å². The van der Waals surface area contributed by atoms with Crippen LogP contribution < -0.4 is 11.2 Å². The van der Waals surface area contributed by atoms with Gasteiger partial charge in [-0.2, -0.15) is 0 Å². The van der Waals surface area contributed by atoms with Crippen LogP contribution in [0.15, 0.2) is 40.1 Å². The summed E-state index contributed by atoms with van der Waals surface area (Å²) in [6.45, 7) is 4.48. The number of aryl methyl sites for hydroxylation is 2. The average molecular weight is 258 g/mol. The highest BCUT2D eigenvalue weighted by atomic mass is 16.2. The Labute approximate surface area is 111 Å². The van der Waals surface area contributed by atoms with Crippen LogP contribution in [-0.2, 0) is 19.4 Å². The molecule has 19 heavy (non-hydrogen) atoms. The third-order valence-electron chi connectivity index (χ3n) is 3.25. The predicted molar refractivity (Wildman–Crippen MR) is 75.6 cm³/mol. The number of rotatable bonds is 4. The highest BCUT2D eigenvalue weighted by Crippen LogP contribution is 2.06. The van der Waals surface area contributed by atoms with E-state index in [0.29, 0.717) is 18.5 Å². The predicted octanol–water partition coefficient (Wildman–Crippen LogP) is 1.71. The molecule has 0 aliphatic heterocycles. The van der Waals surface area contributed by atoms with Crippen molar-refractivity contribution in [1.82, 2.24) is 9.55 Å². The maximum atomic E-state index is 11.7. The standard InChI is InChI=1S/C15H18N2O2/c1-3-11-5-7-12(8-6-11)9-17-10-13(4-2)14(18)16-15(17)19/h5-8,10H,3-4,9H2,1-2H3,(H,16,18,19). The molecule has 0 saturated carbocycles. The van der Waals surface area contributed by atoms with Crippen LogP contribution in [0.4, 0.5) is 0 Å². The second kappa shape index (κ2) is 5.69. The van der Waals surface area contributed by atoms with Crippen LogP contribution in [0.2, 0.25) is 0 Å². The molecule has 0 aliphatic carbocycles. The first kappa shape index (κ1) is 13.3. The molecule has 0 aliphatic rings. The van der Waals surface area contributed by atoms with E-state index in [1.165, 1.54) is 5.56 Å². The van der Waals surface area contributed by atoms with E-state index >= 15 is 0 Å². The molecule has 0 amide bonds. The van der Waals surface area contributed by atoms with Crippen molar-refractivity contribution < 1.29 is 0 Å². The first-order valence-corrected chi connectivity index (χ1v) is 6.54. The summed E-state index contributed by atoms with van der Waals surface area (Å²) in [5.41, 5.74) is 2.30. The van der Waals surface area contributed by atoms with Gasteiger partial charge in [0.25, 0.3) is 5.56 Å². The van der Waals surface area contributed by atoms with Crippen molar-refractivity contribution in [2.75, 3.05) is 0 Å². The summed E-state index contributed by atoms with van der Waals surface area (Å²) < 4.78 is 1.54. The first-order chi connectivity index (χ1) is 9.13. The lowest BCUT2D eigenvalue weighted by atomic mass is 10.1. The molecule has 0 fully saturated rings. The minimum absolute atomic E-state index is 0.287. The highest BCUT2D eigenvalue weighted by Gasteiger charge is 2.03. The van der Waals surface area contributed by atoms with Gasteiger partial charge in [0, 0.05) is 11.8 Å². The van der Waals surface area contributed by atoms with Crippen LogP contribution in [-0.4, -0.2) is 9.55 Å². The summed E-state index contributed by atoms with van der Waals surface area (Å²) >= 11 is 0. The van der Waals surface area contributed by atoms with E-state index in [1.807, 2.05) is 19.1 Å². The maximum Gasteiger partial charge on any atom is 0.328 e. The SMILES string of the molecule is CCc1ccc(Cn2cc(CC)c(=O)[nH]c2=O)cc1. The number of benzene rings is 1. The normalized spacial score (nSPS) is 10.6. The Morgan fingerprint density at radius 3 is 2.21 bits per heavy atom. The zero-order valence-corrected chi connectivity index (χ0v) is 11.3. The van der Waals surface area contributed by atoms with Gasteiger partial charge in [0.2, 0.25) is 0 Å². The Bertz CT molecular complexity index is 666. The van der Waals surface area contributed by atoms with Gasteiger partial charge in [-0.1, -0.05) is 38.1 Å². The third-order valence-corrected chi connectivity index (χ3v) is 3.25. The lowest BCUT2D eigenvalue weighted by molar-refractivity contribution is 0.707. The number of H-pyrrole nitrogens is 1. The molecular weight excluding hydrogens is 240 g/mol. The van der Waals surface area contributed by atoms with Crippen LogP contribution >= 0.6 is 0 Å². The number of nitrogens with one attached hydrogen (secondary N) is 1. The molecule has 0 bridgehead atoms. The molecule has 0 spiro atoms. The summed E-state index contributed by atoms with van der Waals surface area (Å²) in [7, 11) is 0. The Hall–Kier alpha value is -2.10. The van der Waals surface area contributed by atoms with Gasteiger partial charge in [0.1, 0.15) is 0 Å². The minimum Gasteiger partial charge on any atom is -0.296 e. The Morgan fingerprint density at radius 2 is 1.63 bits per heavy atom. The quantitative estimate of drug-likeness (QED) is 0.907. The van der Waals surface area contributed by atoms with Gasteiger partial charge in [-0.15, -0.1) is 0 Å². The zero-order chi connectivity index (χ0) is 13.8. The van der Waals surface area contributed by atoms with E-state index in [-0.39, 0.29) is 11.2 Å². The fourth-order valence-corrected chi connectivity index (χ4v) is 2.00. The smallest absolute Gasteiger partial charge is 0.296 e. The van der Waals surface area contributed by atoms with Gasteiger partial charge in [-0.25, -0.2) is 4.79 Å². The van der Waals surface area contributed by atoms with Gasteiger partial charge in [-0.3, -0.25) is 14.3 Å². The van der Waals surface area contributed by atoms with Gasteiger partial charge < -0.3 is 0 Å². The monoisotopic (exact) mass is 258 g/mol. The van der Waals surface area contributed by atoms with Crippen molar-refractivity contribution >= 4 is 0 Å². The van der Waals surface area contributed by atoms with Crippen LogP contribution in [0.1, 0.15) is 30.5 Å². The molecule has 2 rings (SSSR count). The molecule has 0 radical (unpaired) electrons. The van der Waals surface area contributed by atoms with Crippen molar-refractivity contribution in [2.45, 2.75) is 33.2 Å². The lowest BCUT2D eigenvalue weighted by Crippen LogP contribution is -2.31. The first-order valence-electron chi connectivity index (χ1n) is 6.54. The molecule has 4 nitrogen and oxygen atoms in total. The molecule has 0 unspecified atom stereocenters. The molecule has 0 atom stereocenters. The largest absolute Gasteiger partial charge is 0.328 e. The number of nitrogens with zero attached hydrogens (tertiary/aromatic N) is 1. The van der Waals surface area contributed by atoms with E-state index in [9.17, 15) is 9.59 Å². The fourth-order valence-electron chi connectivity index (χ4n) is 2.00. The fraction of sp³-hybridized carbons (Fsp3) is 0.333. The molecular formula is C15H18N2O2. The molecule has 100 valence electrons. The maximum absolute atomic E-state index is 11.7. The van der Waals surface area contributed by atoms with Gasteiger partial charge >= 0.3 is 5.69 Å². The minimum atomic E-state index is -0.359. The molecule has 1 heterocycles. The van der Waals surface area contributed by atoms with Gasteiger partial charge in [0.15, 0.2) is 0 Å². The van der Waals surface area contributed by atoms with E-state index in [0.717, 1.165) is 12.0 Å². The van der Waals surface area contributed by atoms with Crippen LogP contribution in [0.5, 0.6) is 0 Å². The van der Waals surface area contributed by atoms with E-state index < -0.39 is 0 Å². The summed E-state index contributed by atoms with van der Waals surface area (Å²) in [6.07, 6.45) is 3.26. The number of hydrogen-bond acceptors (Lipinski definition) is 2. The number of aromatic amines is 1. The van der Waals surface area contributed by atoms with Crippen molar-refractivity contribution in [1.29, 1.82) is 0 Å². The zero-order valence-electron chi connectivity index (χ0n) is 11.3. The molecule has 1 aromatic carbocycles. The summed E-state index contributed by atoms with van der Waals surface area (Å²) in [5.74, 6) is 0. The van der Waals surface area contributed by atoms with Gasteiger partial charge in [0.05, 0.1) is 6.54 Å². The van der Waals surface area contributed by atoms with E-state index in [2.05, 4.69) is 24.0 Å². The molecule has 4 heteroatoms. The second-order valence-electron chi connectivity index (χ2n) is 4.57. The Morgan fingerprint density at radius 1 is 1.00 bits per heavy atom. The van der Waals surface area contributed by atoms with Crippen molar-refractivity contribution in [3.8, 4) is 0 Å². The lowest BCUT2D eigenvalue weighted by Gasteiger charge is -2.07. The molecule has 2 aromatic rings. The van der Waals surface area contributed by atoms with Crippen molar-refractivity contribution in [3.63, 3.8) is 0 Å². The Kier molecular flexibility index (Phi) is 4.00. The van der Waals surface area contributed by atoms with Crippen LogP contribution in [0.25, 0.3) is 0 Å². The van der Waals surface area contributed by atoms with Crippen molar-refractivity contribution in [3.05, 3.63) is 68.0 Å². The van der Waals surface area contributed by atoms with Crippen LogP contribution in [0.3, 0.4) is 0 Å². The average Bonchev–Trinajstić information content (AvgIpc) is 2.42. The molecule has 1 N–H and O–H groups in total. The summed E-state index contributed by atoms with van der Waals surface area (Å²) in [5, 5.41) is 0. The van der Waals surface area contributed by atoms with Crippen LogP contribution in [0, 0.1) is 0 Å². The Balaban J connectivity index is 2.32. The van der Waals surface area contributed by atoms with E-state index in [1.54, 1.807) is 10.8 Å². The molecule has 1 aromatic heterocycles. The third kappa shape index (κ3) is 3.02. The summed E-state index contributed by atoms with van der Waals surface area (Å²) in [6, 6.07) is 8.16. The van der Waals surface area contributed by atoms with E-state index in [4.69, 9.17) is 0 Å². The number of aromatic nitrogens is 2. The highest BCUT2D eigenvalue weighted by molar-refractivity contribution is 5.22. The van der Waals surface area contributed by atoms with Gasteiger partial charge in [-0.05, 0) is 24.0 Å². The molecule has 0 saturated heterocycles. The number of hydrogen-bond donors (Lipinski definition) is 1.